The number of carbonyl (C=O) groups is 1. The van der Waals surface area contributed by atoms with Crippen molar-refractivity contribution in [2.45, 2.75) is 51.3 Å². The van der Waals surface area contributed by atoms with Crippen LogP contribution >= 0.6 is 0 Å². The maximum Gasteiger partial charge on any atom is 0.287 e. The minimum absolute atomic E-state index is 0.149. The van der Waals surface area contributed by atoms with Crippen LogP contribution in [0.5, 0.6) is 11.5 Å². The second-order valence-corrected chi connectivity index (χ2v) is 8.24. The van der Waals surface area contributed by atoms with Crippen molar-refractivity contribution in [1.29, 1.82) is 0 Å². The second-order valence-electron chi connectivity index (χ2n) is 8.24. The van der Waals surface area contributed by atoms with E-state index in [0.29, 0.717) is 12.2 Å². The molecule has 4 rings (SSSR count). The van der Waals surface area contributed by atoms with E-state index in [-0.39, 0.29) is 17.6 Å². The van der Waals surface area contributed by atoms with Crippen LogP contribution in [0.3, 0.4) is 0 Å². The lowest BCUT2D eigenvalue weighted by Crippen LogP contribution is -2.41. The van der Waals surface area contributed by atoms with E-state index >= 15 is 0 Å². The Hall–Kier alpha value is -2.47. The number of hydrogen-bond acceptors (Lipinski definition) is 5. The number of fused-ring (bicyclic) bond motifs is 1. The molecule has 0 radical (unpaired) electrons. The third-order valence-electron chi connectivity index (χ3n) is 5.45. The predicted octanol–water partition coefficient (Wildman–Crippen LogP) is 3.92. The molecule has 1 aromatic heterocycles. The van der Waals surface area contributed by atoms with Crippen molar-refractivity contribution in [2.24, 2.45) is 0 Å². The summed E-state index contributed by atoms with van der Waals surface area (Å²) in [6.07, 6.45) is 3.15. The zero-order valence-electron chi connectivity index (χ0n) is 16.8. The van der Waals surface area contributed by atoms with Crippen molar-refractivity contribution in [1.82, 2.24) is 10.2 Å². The molecule has 1 unspecified atom stereocenters. The van der Waals surface area contributed by atoms with Crippen LogP contribution in [0, 0.1) is 0 Å². The first-order valence-corrected chi connectivity index (χ1v) is 9.92. The van der Waals surface area contributed by atoms with Gasteiger partial charge in [0.15, 0.2) is 5.76 Å². The molecule has 1 fully saturated rings. The number of nitrogens with zero attached hydrogens (tertiary/aromatic N) is 1. The third kappa shape index (κ3) is 4.02. The Balaban J connectivity index is 1.49. The molecule has 1 saturated heterocycles. The molecule has 0 aliphatic carbocycles. The number of benzene rings is 1. The van der Waals surface area contributed by atoms with E-state index in [1.54, 1.807) is 13.2 Å². The fraction of sp³-hybridized carbons (Fsp3) is 0.500. The molecule has 0 bridgehead atoms. The minimum Gasteiger partial charge on any atom is -0.497 e. The molecule has 6 nitrogen and oxygen atoms in total. The summed E-state index contributed by atoms with van der Waals surface area (Å²) in [6.45, 7) is 7.00. The molecule has 0 saturated carbocycles. The summed E-state index contributed by atoms with van der Waals surface area (Å²) >= 11 is 0. The third-order valence-corrected chi connectivity index (χ3v) is 5.45. The lowest BCUT2D eigenvalue weighted by Gasteiger charge is -2.37. The first-order chi connectivity index (χ1) is 13.4. The molecule has 1 amide bonds. The molecule has 2 aromatic rings. The van der Waals surface area contributed by atoms with Gasteiger partial charge in [0.2, 0.25) is 0 Å². The predicted molar refractivity (Wildman–Crippen MR) is 106 cm³/mol. The number of furan rings is 1. The molecule has 1 aromatic carbocycles. The number of rotatable bonds is 5. The van der Waals surface area contributed by atoms with Crippen LogP contribution in [0.25, 0.3) is 0 Å². The first kappa shape index (κ1) is 18.9. The van der Waals surface area contributed by atoms with Gasteiger partial charge >= 0.3 is 0 Å². The molecule has 1 N–H and O–H groups in total. The van der Waals surface area contributed by atoms with Gasteiger partial charge in [-0.2, -0.15) is 0 Å². The van der Waals surface area contributed by atoms with Gasteiger partial charge in [-0.3, -0.25) is 9.69 Å². The smallest absolute Gasteiger partial charge is 0.287 e. The average molecular weight is 384 g/mol. The van der Waals surface area contributed by atoms with Gasteiger partial charge < -0.3 is 19.2 Å². The monoisotopic (exact) mass is 384 g/mol. The molecular weight excluding hydrogens is 356 g/mol. The quantitative estimate of drug-likeness (QED) is 0.847. The second kappa shape index (κ2) is 7.51. The van der Waals surface area contributed by atoms with Crippen molar-refractivity contribution in [3.8, 4) is 11.5 Å². The molecule has 150 valence electrons. The van der Waals surface area contributed by atoms with Gasteiger partial charge in [0.05, 0.1) is 19.7 Å². The number of methoxy groups -OCH3 is 1. The topological polar surface area (TPSA) is 63.9 Å². The molecule has 1 atom stereocenters. The number of likely N-dealkylation sites (tertiary alicyclic amines) is 1. The minimum atomic E-state index is -0.388. The van der Waals surface area contributed by atoms with Crippen LogP contribution < -0.4 is 14.8 Å². The summed E-state index contributed by atoms with van der Waals surface area (Å²) in [6, 6.07) is 9.23. The summed E-state index contributed by atoms with van der Waals surface area (Å²) < 4.78 is 17.2. The van der Waals surface area contributed by atoms with Gasteiger partial charge in [0, 0.05) is 18.1 Å². The normalized spacial score (nSPS) is 21.0. The summed E-state index contributed by atoms with van der Waals surface area (Å²) in [5.74, 6) is 2.48. The van der Waals surface area contributed by atoms with Crippen molar-refractivity contribution in [3.05, 3.63) is 47.4 Å². The zero-order valence-corrected chi connectivity index (χ0v) is 16.8. The van der Waals surface area contributed by atoms with Crippen molar-refractivity contribution >= 4 is 5.91 Å². The Morgan fingerprint density at radius 3 is 2.79 bits per heavy atom. The van der Waals surface area contributed by atoms with Crippen molar-refractivity contribution in [3.63, 3.8) is 0 Å². The van der Waals surface area contributed by atoms with Crippen molar-refractivity contribution < 1.29 is 18.7 Å². The van der Waals surface area contributed by atoms with E-state index in [0.717, 1.165) is 42.5 Å². The Bertz CT molecular complexity index is 852. The standard InChI is InChI=1S/C22H28N2O4/c1-22(2)13-18(17-8-6-15(26-3)12-20(17)28-22)23-21(25)19-9-7-16(27-19)14-24-10-4-5-11-24/h6-9,12,18H,4-5,10-11,13-14H2,1-3H3,(H,23,25). The Labute approximate surface area is 165 Å². The lowest BCUT2D eigenvalue weighted by atomic mass is 9.89. The van der Waals surface area contributed by atoms with Crippen LogP contribution in [-0.2, 0) is 6.54 Å². The van der Waals surface area contributed by atoms with Crippen LogP contribution in [0.4, 0.5) is 0 Å². The highest BCUT2D eigenvalue weighted by Gasteiger charge is 2.35. The fourth-order valence-electron chi connectivity index (χ4n) is 4.06. The number of amides is 1. The summed E-state index contributed by atoms with van der Waals surface area (Å²) in [5, 5.41) is 3.12. The molecule has 2 aliphatic heterocycles. The van der Waals surface area contributed by atoms with E-state index in [9.17, 15) is 4.79 Å². The summed E-state index contributed by atoms with van der Waals surface area (Å²) in [5.41, 5.74) is 0.568. The van der Waals surface area contributed by atoms with E-state index in [4.69, 9.17) is 13.9 Å². The Morgan fingerprint density at radius 1 is 1.25 bits per heavy atom. The molecule has 28 heavy (non-hydrogen) atoms. The number of carbonyl (C=O) groups excluding carboxylic acids is 1. The van der Waals surface area contributed by atoms with E-state index in [2.05, 4.69) is 10.2 Å². The summed E-state index contributed by atoms with van der Waals surface area (Å²) in [4.78, 5) is 15.2. The lowest BCUT2D eigenvalue weighted by molar-refractivity contribution is 0.0608. The van der Waals surface area contributed by atoms with Gasteiger partial charge in [-0.25, -0.2) is 0 Å². The first-order valence-electron chi connectivity index (χ1n) is 9.92. The van der Waals surface area contributed by atoms with Gasteiger partial charge in [-0.15, -0.1) is 0 Å². The van der Waals surface area contributed by atoms with E-state index in [1.165, 1.54) is 12.8 Å². The zero-order chi connectivity index (χ0) is 19.7. The number of ether oxygens (including phenoxy) is 2. The van der Waals surface area contributed by atoms with Crippen LogP contribution in [-0.4, -0.2) is 36.6 Å². The van der Waals surface area contributed by atoms with Crippen molar-refractivity contribution in [2.75, 3.05) is 20.2 Å². The van der Waals surface area contributed by atoms with Crippen LogP contribution in [0.15, 0.2) is 34.7 Å². The maximum absolute atomic E-state index is 12.8. The Morgan fingerprint density at radius 2 is 2.04 bits per heavy atom. The van der Waals surface area contributed by atoms with Gasteiger partial charge in [0.1, 0.15) is 22.9 Å². The maximum atomic E-state index is 12.8. The van der Waals surface area contributed by atoms with Gasteiger partial charge in [0.25, 0.3) is 5.91 Å². The molecule has 2 aliphatic rings. The Kier molecular flexibility index (Phi) is 5.06. The van der Waals surface area contributed by atoms with E-state index < -0.39 is 0 Å². The van der Waals surface area contributed by atoms with Gasteiger partial charge in [-0.05, 0) is 64.0 Å². The fourth-order valence-corrected chi connectivity index (χ4v) is 4.06. The number of hydrogen-bond donors (Lipinski definition) is 1. The highest BCUT2D eigenvalue weighted by atomic mass is 16.5. The highest BCUT2D eigenvalue weighted by Crippen LogP contribution is 2.41. The summed E-state index contributed by atoms with van der Waals surface area (Å²) in [7, 11) is 1.63. The molecule has 6 heteroatoms. The SMILES string of the molecule is COc1ccc2c(c1)OC(C)(C)CC2NC(=O)c1ccc(CN2CCCC2)o1. The van der Waals surface area contributed by atoms with Crippen LogP contribution in [0.1, 0.15) is 61.0 Å². The highest BCUT2D eigenvalue weighted by molar-refractivity contribution is 5.91. The average Bonchev–Trinajstić information content (AvgIpc) is 3.32. The molecular formula is C22H28N2O4. The van der Waals surface area contributed by atoms with Gasteiger partial charge in [-0.1, -0.05) is 0 Å². The molecule has 0 spiro atoms. The molecule has 3 heterocycles. The van der Waals surface area contributed by atoms with Crippen LogP contribution in [0.2, 0.25) is 0 Å². The van der Waals surface area contributed by atoms with E-state index in [1.807, 2.05) is 38.1 Å². The largest absolute Gasteiger partial charge is 0.497 e. The number of nitrogens with one attached hydrogen (secondary N) is 1.